The number of hydrogen-bond acceptors (Lipinski definition) is 3. The molecule has 0 aromatic heterocycles. The minimum Gasteiger partial charge on any atom is -0.324 e. The van der Waals surface area contributed by atoms with Gasteiger partial charge in [0.1, 0.15) is 0 Å². The Bertz CT molecular complexity index is 944. The highest BCUT2D eigenvalue weighted by atomic mass is 35.5. The molecular formula is C21H24Cl2N2O3S. The van der Waals surface area contributed by atoms with E-state index in [1.54, 1.807) is 18.2 Å². The number of aryl methyl sites for hydroxylation is 1. The molecule has 0 radical (unpaired) electrons. The number of rotatable bonds is 7. The summed E-state index contributed by atoms with van der Waals surface area (Å²) >= 11 is 12.1. The Kier molecular flexibility index (Phi) is 7.57. The highest BCUT2D eigenvalue weighted by Crippen LogP contribution is 2.30. The first-order valence-electron chi connectivity index (χ1n) is 9.63. The zero-order valence-electron chi connectivity index (χ0n) is 16.0. The fraction of sp³-hybridized carbons (Fsp3) is 0.381. The summed E-state index contributed by atoms with van der Waals surface area (Å²) in [5, 5.41) is 3.49. The smallest absolute Gasteiger partial charge is 0.227 e. The average Bonchev–Trinajstić information content (AvgIpc) is 2.72. The van der Waals surface area contributed by atoms with E-state index in [0.29, 0.717) is 48.1 Å². The van der Waals surface area contributed by atoms with Gasteiger partial charge in [-0.3, -0.25) is 4.79 Å². The van der Waals surface area contributed by atoms with Gasteiger partial charge in [0.05, 0.1) is 21.5 Å². The fourth-order valence-electron chi connectivity index (χ4n) is 3.46. The molecule has 1 heterocycles. The molecule has 0 spiro atoms. The van der Waals surface area contributed by atoms with Crippen LogP contribution in [0.5, 0.6) is 0 Å². The van der Waals surface area contributed by atoms with E-state index in [1.807, 2.05) is 30.3 Å². The summed E-state index contributed by atoms with van der Waals surface area (Å²) in [6, 6.07) is 14.9. The summed E-state index contributed by atoms with van der Waals surface area (Å²) in [6.07, 6.45) is 2.29. The van der Waals surface area contributed by atoms with Crippen LogP contribution in [0.15, 0.2) is 48.5 Å². The van der Waals surface area contributed by atoms with Crippen molar-refractivity contribution < 1.29 is 13.2 Å². The Morgan fingerprint density at radius 3 is 2.41 bits per heavy atom. The second kappa shape index (κ2) is 9.94. The Hall–Kier alpha value is -1.60. The Morgan fingerprint density at radius 1 is 1.03 bits per heavy atom. The molecule has 1 aliphatic rings. The Morgan fingerprint density at radius 2 is 1.72 bits per heavy atom. The van der Waals surface area contributed by atoms with E-state index < -0.39 is 10.0 Å². The summed E-state index contributed by atoms with van der Waals surface area (Å²) in [7, 11) is -3.31. The summed E-state index contributed by atoms with van der Waals surface area (Å²) in [6.45, 7) is 0.712. The van der Waals surface area contributed by atoms with Gasteiger partial charge in [-0.1, -0.05) is 59.6 Å². The molecule has 1 saturated heterocycles. The van der Waals surface area contributed by atoms with Crippen LogP contribution in [-0.4, -0.2) is 37.5 Å². The third-order valence-electron chi connectivity index (χ3n) is 5.14. The standard InChI is InChI=1S/C21H24Cl2N2O3S/c22-18-9-4-10-19(20(18)23)24-21(26)17-11-13-25(14-12-17)29(27,28)15-5-8-16-6-2-1-3-7-16/h1-4,6-7,9-10,17H,5,8,11-15H2,(H,24,26). The number of nitrogens with zero attached hydrogens (tertiary/aromatic N) is 1. The van der Waals surface area contributed by atoms with Crippen LogP contribution in [-0.2, 0) is 21.2 Å². The van der Waals surface area contributed by atoms with Gasteiger partial charge in [0.2, 0.25) is 15.9 Å². The van der Waals surface area contributed by atoms with Crippen LogP contribution in [0.25, 0.3) is 0 Å². The molecule has 1 amide bonds. The topological polar surface area (TPSA) is 66.5 Å². The number of halogens is 2. The molecular weight excluding hydrogens is 431 g/mol. The molecule has 1 N–H and O–H groups in total. The van der Waals surface area contributed by atoms with Crippen molar-refractivity contribution >= 4 is 44.8 Å². The molecule has 0 unspecified atom stereocenters. The van der Waals surface area contributed by atoms with Gasteiger partial charge in [0, 0.05) is 19.0 Å². The van der Waals surface area contributed by atoms with Crippen LogP contribution < -0.4 is 5.32 Å². The van der Waals surface area contributed by atoms with Crippen LogP contribution in [0.1, 0.15) is 24.8 Å². The van der Waals surface area contributed by atoms with Crippen molar-refractivity contribution in [3.63, 3.8) is 0 Å². The molecule has 3 rings (SSSR count). The maximum atomic E-state index is 12.6. The van der Waals surface area contributed by atoms with Crippen molar-refractivity contribution in [2.75, 3.05) is 24.2 Å². The van der Waals surface area contributed by atoms with E-state index >= 15 is 0 Å². The minimum atomic E-state index is -3.31. The van der Waals surface area contributed by atoms with Crippen LogP contribution in [0.4, 0.5) is 5.69 Å². The number of piperidine rings is 1. The number of sulfonamides is 1. The molecule has 1 aliphatic heterocycles. The largest absolute Gasteiger partial charge is 0.324 e. The number of nitrogens with one attached hydrogen (secondary N) is 1. The first kappa shape index (κ1) is 22.1. The van der Waals surface area contributed by atoms with E-state index in [0.717, 1.165) is 12.0 Å². The molecule has 2 aromatic carbocycles. The van der Waals surface area contributed by atoms with Crippen molar-refractivity contribution in [1.29, 1.82) is 0 Å². The van der Waals surface area contributed by atoms with E-state index in [-0.39, 0.29) is 17.6 Å². The van der Waals surface area contributed by atoms with Crippen LogP contribution in [0, 0.1) is 5.92 Å². The maximum absolute atomic E-state index is 12.6. The first-order chi connectivity index (χ1) is 13.9. The lowest BCUT2D eigenvalue weighted by molar-refractivity contribution is -0.120. The van der Waals surface area contributed by atoms with Crippen LogP contribution in [0.3, 0.4) is 0 Å². The summed E-state index contributed by atoms with van der Waals surface area (Å²) in [4.78, 5) is 12.5. The molecule has 156 valence electrons. The van der Waals surface area contributed by atoms with Gasteiger partial charge in [-0.05, 0) is 43.4 Å². The highest BCUT2D eigenvalue weighted by Gasteiger charge is 2.31. The fourth-order valence-corrected chi connectivity index (χ4v) is 5.35. The van der Waals surface area contributed by atoms with Crippen LogP contribution in [0.2, 0.25) is 10.0 Å². The number of carbonyl (C=O) groups is 1. The number of benzene rings is 2. The summed E-state index contributed by atoms with van der Waals surface area (Å²) < 4.78 is 26.7. The molecule has 8 heteroatoms. The number of amides is 1. The van der Waals surface area contributed by atoms with Crippen molar-refractivity contribution in [3.8, 4) is 0 Å². The third-order valence-corrected chi connectivity index (χ3v) is 7.91. The third kappa shape index (κ3) is 5.95. The van der Waals surface area contributed by atoms with Gasteiger partial charge in [0.15, 0.2) is 0 Å². The first-order valence-corrected chi connectivity index (χ1v) is 12.0. The van der Waals surface area contributed by atoms with E-state index in [9.17, 15) is 13.2 Å². The van der Waals surface area contributed by atoms with Gasteiger partial charge < -0.3 is 5.32 Å². The van der Waals surface area contributed by atoms with E-state index in [2.05, 4.69) is 5.32 Å². The molecule has 2 aromatic rings. The monoisotopic (exact) mass is 454 g/mol. The molecule has 0 atom stereocenters. The molecule has 0 bridgehead atoms. The number of anilines is 1. The van der Waals surface area contributed by atoms with Gasteiger partial charge in [-0.25, -0.2) is 12.7 Å². The lowest BCUT2D eigenvalue weighted by Crippen LogP contribution is -2.42. The molecule has 0 saturated carbocycles. The summed E-state index contributed by atoms with van der Waals surface area (Å²) in [5.74, 6) is -0.284. The molecule has 5 nitrogen and oxygen atoms in total. The van der Waals surface area contributed by atoms with Crippen molar-refractivity contribution in [3.05, 3.63) is 64.1 Å². The van der Waals surface area contributed by atoms with Crippen LogP contribution >= 0.6 is 23.2 Å². The lowest BCUT2D eigenvalue weighted by atomic mass is 9.97. The van der Waals surface area contributed by atoms with E-state index in [4.69, 9.17) is 23.2 Å². The maximum Gasteiger partial charge on any atom is 0.227 e. The minimum absolute atomic E-state index is 0.122. The zero-order chi connectivity index (χ0) is 20.9. The van der Waals surface area contributed by atoms with Crippen molar-refractivity contribution in [2.24, 2.45) is 5.92 Å². The normalized spacial score (nSPS) is 15.9. The van der Waals surface area contributed by atoms with Crippen molar-refractivity contribution in [2.45, 2.75) is 25.7 Å². The van der Waals surface area contributed by atoms with Gasteiger partial charge in [-0.15, -0.1) is 0 Å². The zero-order valence-corrected chi connectivity index (χ0v) is 18.3. The average molecular weight is 455 g/mol. The second-order valence-corrected chi connectivity index (χ2v) is 10.0. The molecule has 29 heavy (non-hydrogen) atoms. The van der Waals surface area contributed by atoms with Gasteiger partial charge >= 0.3 is 0 Å². The van der Waals surface area contributed by atoms with Gasteiger partial charge in [-0.2, -0.15) is 0 Å². The molecule has 0 aliphatic carbocycles. The van der Waals surface area contributed by atoms with Crippen molar-refractivity contribution in [1.82, 2.24) is 4.31 Å². The quantitative estimate of drug-likeness (QED) is 0.663. The number of carbonyl (C=O) groups excluding carboxylic acids is 1. The second-order valence-electron chi connectivity index (χ2n) is 7.17. The summed E-state index contributed by atoms with van der Waals surface area (Å²) in [5.41, 5.74) is 1.61. The highest BCUT2D eigenvalue weighted by molar-refractivity contribution is 7.89. The Balaban J connectivity index is 1.48. The Labute approximate surface area is 182 Å². The predicted octanol–water partition coefficient (Wildman–Crippen LogP) is 4.61. The number of hydrogen-bond donors (Lipinski definition) is 1. The van der Waals surface area contributed by atoms with Gasteiger partial charge in [0.25, 0.3) is 0 Å². The SMILES string of the molecule is O=C(Nc1cccc(Cl)c1Cl)C1CCN(S(=O)(=O)CCCc2ccccc2)CC1. The predicted molar refractivity (Wildman–Crippen MR) is 118 cm³/mol. The van der Waals surface area contributed by atoms with E-state index in [1.165, 1.54) is 4.31 Å². The lowest BCUT2D eigenvalue weighted by Gasteiger charge is -2.30. The molecule has 1 fully saturated rings.